The van der Waals surface area contributed by atoms with Crippen LogP contribution in [-0.2, 0) is 24.2 Å². The lowest BCUT2D eigenvalue weighted by Crippen LogP contribution is -2.46. The fraction of sp³-hybridized carbons (Fsp3) is 0.389. The minimum absolute atomic E-state index is 0.0274. The molecule has 222 valence electrons. The Morgan fingerprint density at radius 1 is 0.857 bits per heavy atom. The number of aromatic nitrogens is 1. The van der Waals surface area contributed by atoms with Gasteiger partial charge in [-0.2, -0.15) is 0 Å². The molecule has 0 aliphatic rings. The fourth-order valence-corrected chi connectivity index (χ4v) is 5.26. The number of nitrogens with zero attached hydrogens (tertiary/aromatic N) is 2. The molecular formula is C36H45N3O3. The third-order valence-electron chi connectivity index (χ3n) is 7.75. The van der Waals surface area contributed by atoms with Gasteiger partial charge in [0.25, 0.3) is 5.91 Å². The summed E-state index contributed by atoms with van der Waals surface area (Å²) in [7, 11) is 0. The van der Waals surface area contributed by atoms with Gasteiger partial charge in [-0.1, -0.05) is 62.2 Å². The number of carbonyl (C=O) groups excluding carboxylic acids is 2. The molecule has 0 spiro atoms. The summed E-state index contributed by atoms with van der Waals surface area (Å²) in [5, 5.41) is 1.17. The summed E-state index contributed by atoms with van der Waals surface area (Å²) in [6, 6.07) is 23.9. The first-order valence-corrected chi connectivity index (χ1v) is 15.3. The monoisotopic (exact) mass is 567 g/mol. The van der Waals surface area contributed by atoms with Crippen LogP contribution in [0.1, 0.15) is 74.0 Å². The van der Waals surface area contributed by atoms with Gasteiger partial charge in [0.2, 0.25) is 5.91 Å². The van der Waals surface area contributed by atoms with E-state index < -0.39 is 0 Å². The molecule has 0 unspecified atom stereocenters. The van der Waals surface area contributed by atoms with Crippen LogP contribution in [0.2, 0.25) is 0 Å². The maximum Gasteiger partial charge on any atom is 0.254 e. The highest BCUT2D eigenvalue weighted by molar-refractivity contribution is 5.96. The van der Waals surface area contributed by atoms with E-state index >= 15 is 0 Å². The third kappa shape index (κ3) is 8.25. The Hall–Kier alpha value is -4.06. The lowest BCUT2D eigenvalue weighted by atomic mass is 10.0. The number of nitrogens with one attached hydrogen (secondary N) is 1. The topological polar surface area (TPSA) is 65.6 Å². The molecule has 6 nitrogen and oxygen atoms in total. The maximum atomic E-state index is 13.9. The Morgan fingerprint density at radius 3 is 2.26 bits per heavy atom. The predicted molar refractivity (Wildman–Crippen MR) is 171 cm³/mol. The smallest absolute Gasteiger partial charge is 0.254 e. The molecule has 42 heavy (non-hydrogen) atoms. The van der Waals surface area contributed by atoms with Crippen molar-refractivity contribution in [3.8, 4) is 5.75 Å². The zero-order chi connectivity index (χ0) is 29.9. The van der Waals surface area contributed by atoms with Crippen LogP contribution in [0.3, 0.4) is 0 Å². The first-order valence-electron chi connectivity index (χ1n) is 15.3. The SMILES string of the molecule is CCCCCc1ccc(C(=O)N(CC(=O)N(CCc2c[nH]c3ccccc23)Cc2ccc(OCC)cc2)C(C)C)cc1. The van der Waals surface area contributed by atoms with Gasteiger partial charge in [0.05, 0.1) is 6.61 Å². The van der Waals surface area contributed by atoms with E-state index in [4.69, 9.17) is 4.74 Å². The molecule has 6 heteroatoms. The summed E-state index contributed by atoms with van der Waals surface area (Å²) in [6.07, 6.45) is 7.30. The number of benzene rings is 3. The number of para-hydroxylation sites is 1. The predicted octanol–water partition coefficient (Wildman–Crippen LogP) is 7.42. The molecule has 1 heterocycles. The number of carbonyl (C=O) groups is 2. The summed E-state index contributed by atoms with van der Waals surface area (Å²) < 4.78 is 5.60. The molecule has 0 radical (unpaired) electrons. The van der Waals surface area contributed by atoms with Crippen LogP contribution in [0.4, 0.5) is 0 Å². The van der Waals surface area contributed by atoms with Crippen molar-refractivity contribution in [2.75, 3.05) is 19.7 Å². The average Bonchev–Trinajstić information content (AvgIpc) is 3.42. The fourth-order valence-electron chi connectivity index (χ4n) is 5.26. The molecule has 1 aromatic heterocycles. The Morgan fingerprint density at radius 2 is 1.57 bits per heavy atom. The minimum atomic E-state index is -0.119. The molecule has 4 aromatic rings. The number of hydrogen-bond acceptors (Lipinski definition) is 3. The molecule has 3 aromatic carbocycles. The van der Waals surface area contributed by atoms with Gasteiger partial charge < -0.3 is 19.5 Å². The van der Waals surface area contributed by atoms with Crippen LogP contribution in [-0.4, -0.2) is 52.3 Å². The number of aryl methyl sites for hydroxylation is 1. The van der Waals surface area contributed by atoms with Crippen molar-refractivity contribution in [1.82, 2.24) is 14.8 Å². The van der Waals surface area contributed by atoms with E-state index in [0.717, 1.165) is 29.7 Å². The molecule has 2 amide bonds. The molecule has 0 saturated carbocycles. The largest absolute Gasteiger partial charge is 0.494 e. The van der Waals surface area contributed by atoms with Gasteiger partial charge >= 0.3 is 0 Å². The number of hydrogen-bond donors (Lipinski definition) is 1. The Bertz CT molecular complexity index is 1420. The van der Waals surface area contributed by atoms with Gasteiger partial charge in [0.15, 0.2) is 0 Å². The van der Waals surface area contributed by atoms with Crippen LogP contribution in [0.5, 0.6) is 5.75 Å². The Balaban J connectivity index is 1.50. The number of rotatable bonds is 15. The van der Waals surface area contributed by atoms with Crippen molar-refractivity contribution in [1.29, 1.82) is 0 Å². The van der Waals surface area contributed by atoms with Gasteiger partial charge in [-0.15, -0.1) is 0 Å². The zero-order valence-corrected chi connectivity index (χ0v) is 25.6. The van der Waals surface area contributed by atoms with Crippen molar-refractivity contribution in [3.05, 3.63) is 101 Å². The van der Waals surface area contributed by atoms with Crippen molar-refractivity contribution >= 4 is 22.7 Å². The van der Waals surface area contributed by atoms with Gasteiger partial charge in [-0.25, -0.2) is 0 Å². The van der Waals surface area contributed by atoms with Crippen molar-refractivity contribution in [2.24, 2.45) is 0 Å². The van der Waals surface area contributed by atoms with E-state index in [9.17, 15) is 9.59 Å². The van der Waals surface area contributed by atoms with Crippen molar-refractivity contribution in [2.45, 2.75) is 72.4 Å². The average molecular weight is 568 g/mol. The van der Waals surface area contributed by atoms with Gasteiger partial charge in [0.1, 0.15) is 12.3 Å². The van der Waals surface area contributed by atoms with Gasteiger partial charge in [-0.05, 0) is 87.1 Å². The van der Waals surface area contributed by atoms with Crippen LogP contribution in [0.25, 0.3) is 10.9 Å². The molecule has 0 atom stereocenters. The minimum Gasteiger partial charge on any atom is -0.494 e. The van der Waals surface area contributed by atoms with E-state index in [1.165, 1.54) is 29.4 Å². The maximum absolute atomic E-state index is 13.9. The lowest BCUT2D eigenvalue weighted by molar-refractivity contribution is -0.132. The van der Waals surface area contributed by atoms with Gasteiger partial charge in [0, 0.05) is 41.8 Å². The van der Waals surface area contributed by atoms with Crippen LogP contribution >= 0.6 is 0 Å². The van der Waals surface area contributed by atoms with E-state index in [2.05, 4.69) is 24.0 Å². The molecule has 1 N–H and O–H groups in total. The van der Waals surface area contributed by atoms with Crippen LogP contribution in [0.15, 0.2) is 79.0 Å². The third-order valence-corrected chi connectivity index (χ3v) is 7.75. The lowest BCUT2D eigenvalue weighted by Gasteiger charge is -2.30. The van der Waals surface area contributed by atoms with Crippen LogP contribution in [0, 0.1) is 0 Å². The van der Waals surface area contributed by atoms with Crippen molar-refractivity contribution < 1.29 is 14.3 Å². The number of H-pyrrole nitrogens is 1. The summed E-state index contributed by atoms with van der Waals surface area (Å²) in [4.78, 5) is 34.4. The second kappa shape index (κ2) is 15.2. The number of fused-ring (bicyclic) bond motifs is 1. The quantitative estimate of drug-likeness (QED) is 0.152. The number of amides is 2. The number of unbranched alkanes of at least 4 members (excludes halogenated alkanes) is 2. The summed E-state index contributed by atoms with van der Waals surface area (Å²) in [5.41, 5.74) is 5.14. The molecule has 0 bridgehead atoms. The molecule has 0 aliphatic heterocycles. The standard InChI is InChI=1S/C36H45N3O3/c1-5-7-8-11-28-14-18-30(19-15-28)36(41)39(27(3)4)26-35(40)38(25-29-16-20-32(21-17-29)42-6-2)23-22-31-24-37-34-13-10-9-12-33(31)34/h9-10,12-21,24,27,37H,5-8,11,22-23,25-26H2,1-4H3. The second-order valence-electron chi connectivity index (χ2n) is 11.2. The second-order valence-corrected chi connectivity index (χ2v) is 11.2. The molecule has 4 rings (SSSR count). The van der Waals surface area contributed by atoms with E-state index in [-0.39, 0.29) is 24.4 Å². The molecular weight excluding hydrogens is 522 g/mol. The number of aromatic amines is 1. The molecule has 0 aliphatic carbocycles. The van der Waals surface area contributed by atoms with Crippen LogP contribution < -0.4 is 4.74 Å². The van der Waals surface area contributed by atoms with E-state index in [0.29, 0.717) is 31.7 Å². The normalized spacial score (nSPS) is 11.2. The summed E-state index contributed by atoms with van der Waals surface area (Å²) >= 11 is 0. The van der Waals surface area contributed by atoms with E-state index in [1.807, 2.05) is 92.5 Å². The van der Waals surface area contributed by atoms with Crippen molar-refractivity contribution in [3.63, 3.8) is 0 Å². The molecule has 0 fully saturated rings. The molecule has 0 saturated heterocycles. The van der Waals surface area contributed by atoms with E-state index in [1.54, 1.807) is 4.90 Å². The highest BCUT2D eigenvalue weighted by atomic mass is 16.5. The highest BCUT2D eigenvalue weighted by Gasteiger charge is 2.25. The first kappa shape index (κ1) is 30.9. The zero-order valence-electron chi connectivity index (χ0n) is 25.6. The first-order chi connectivity index (χ1) is 20.4. The summed E-state index contributed by atoms with van der Waals surface area (Å²) in [5.74, 6) is 0.629. The Kier molecular flexibility index (Phi) is 11.2. The Labute approximate surface area is 250 Å². The summed E-state index contributed by atoms with van der Waals surface area (Å²) in [6.45, 7) is 9.73. The number of ether oxygens (including phenoxy) is 1. The highest BCUT2D eigenvalue weighted by Crippen LogP contribution is 2.20. The van der Waals surface area contributed by atoms with Gasteiger partial charge in [-0.3, -0.25) is 9.59 Å².